The lowest BCUT2D eigenvalue weighted by atomic mass is 9.83. The molecule has 4 amide bonds. The van der Waals surface area contributed by atoms with Crippen molar-refractivity contribution < 1.29 is 41.1 Å². The van der Waals surface area contributed by atoms with E-state index >= 15 is 0 Å². The van der Waals surface area contributed by atoms with Crippen LogP contribution in [0, 0.1) is 5.92 Å². The smallest absolute Gasteiger partial charge is 0.407 e. The molecule has 1 aromatic rings. The van der Waals surface area contributed by atoms with Crippen LogP contribution in [-0.4, -0.2) is 104 Å². The quantitative estimate of drug-likeness (QED) is 0.266. The summed E-state index contributed by atoms with van der Waals surface area (Å²) < 4.78 is 54.9. The number of carbonyl (C=O) groups is 3. The predicted octanol–water partition coefficient (Wildman–Crippen LogP) is 3.06. The summed E-state index contributed by atoms with van der Waals surface area (Å²) in [4.78, 5) is 41.3. The highest BCUT2D eigenvalue weighted by atomic mass is 32.3. The number of aliphatic hydroxyl groups is 1. The molecule has 0 bridgehead atoms. The maximum absolute atomic E-state index is 14.0. The Morgan fingerprint density at radius 3 is 2.08 bits per heavy atom. The highest BCUT2D eigenvalue weighted by Crippen LogP contribution is 2.31. The van der Waals surface area contributed by atoms with Crippen molar-refractivity contribution in [1.82, 2.24) is 20.9 Å². The molecule has 1 saturated carbocycles. The molecule has 4 rings (SSSR count). The van der Waals surface area contributed by atoms with E-state index in [2.05, 4.69) is 16.0 Å². The van der Waals surface area contributed by atoms with E-state index in [1.54, 1.807) is 25.7 Å². The van der Waals surface area contributed by atoms with Gasteiger partial charge < -0.3 is 30.7 Å². The molecule has 2 aliphatic heterocycles. The molecule has 13 nitrogen and oxygen atoms in total. The van der Waals surface area contributed by atoms with Gasteiger partial charge in [-0.05, 0) is 57.9 Å². The average Bonchev–Trinajstić information content (AvgIpc) is 3.02. The van der Waals surface area contributed by atoms with Gasteiger partial charge in [-0.15, -0.1) is 0 Å². The van der Waals surface area contributed by atoms with Gasteiger partial charge in [0.05, 0.1) is 23.7 Å². The molecule has 0 unspecified atom stereocenters. The average molecular weight is 727 g/mol. The van der Waals surface area contributed by atoms with Crippen LogP contribution in [0.25, 0.3) is 0 Å². The van der Waals surface area contributed by atoms with E-state index in [9.17, 15) is 36.3 Å². The van der Waals surface area contributed by atoms with E-state index < -0.39 is 72.5 Å². The van der Waals surface area contributed by atoms with Gasteiger partial charge in [0, 0.05) is 32.0 Å². The molecule has 2 heterocycles. The van der Waals surface area contributed by atoms with Crippen LogP contribution in [0.3, 0.4) is 0 Å². The molecule has 0 aromatic heterocycles. The van der Waals surface area contributed by atoms with Gasteiger partial charge in [-0.3, -0.25) is 4.79 Å². The van der Waals surface area contributed by atoms with Crippen LogP contribution >= 0.6 is 0 Å². The molecule has 4 N–H and O–H groups in total. The monoisotopic (exact) mass is 726 g/mol. The standard InChI is InChI=1S/C34H54N4O9S2/c1-34(2,3)47-33(42)35-26-15-17-38(18-16-26)32(41)37-28(22-25-13-8-5-9-14-25)31(40)36-27(21-24-11-6-4-7-12-24)29(39)23-30-48(43,44)19-10-20-49(30,45)46/h5,8-9,13-14,24,26-30,39H,4,6-7,10-12,15-23H2,1-3H3,(H,35,42)(H,36,40)(H,37,41)/t27-,28-,29-/m0/s1. The fraction of sp³-hybridized carbons (Fsp3) is 0.735. The van der Waals surface area contributed by atoms with E-state index in [0.717, 1.165) is 37.7 Å². The predicted molar refractivity (Wildman–Crippen MR) is 186 cm³/mol. The van der Waals surface area contributed by atoms with Crippen LogP contribution in [-0.2, 0) is 35.6 Å². The van der Waals surface area contributed by atoms with E-state index in [4.69, 9.17) is 4.74 Å². The Hall–Kier alpha value is -2.91. The molecule has 1 aromatic carbocycles. The molecule has 2 saturated heterocycles. The first-order valence-corrected chi connectivity index (χ1v) is 21.0. The van der Waals surface area contributed by atoms with Gasteiger partial charge in [0.1, 0.15) is 11.6 Å². The fourth-order valence-electron chi connectivity index (χ4n) is 6.98. The molecule has 3 aliphatic rings. The van der Waals surface area contributed by atoms with Crippen molar-refractivity contribution in [3.8, 4) is 0 Å². The van der Waals surface area contributed by atoms with E-state index in [-0.39, 0.29) is 36.3 Å². The van der Waals surface area contributed by atoms with Crippen LogP contribution in [0.1, 0.15) is 90.5 Å². The first-order chi connectivity index (χ1) is 23.0. The Morgan fingerprint density at radius 2 is 1.49 bits per heavy atom. The summed E-state index contributed by atoms with van der Waals surface area (Å²) in [5.74, 6) is -0.898. The summed E-state index contributed by atoms with van der Waals surface area (Å²) in [5, 5.41) is 20.1. The zero-order valence-corrected chi connectivity index (χ0v) is 30.6. The van der Waals surface area contributed by atoms with E-state index in [1.165, 1.54) is 0 Å². The second-order valence-electron chi connectivity index (χ2n) is 14.8. The molecule has 49 heavy (non-hydrogen) atoms. The van der Waals surface area contributed by atoms with E-state index in [0.29, 0.717) is 32.4 Å². The van der Waals surface area contributed by atoms with Gasteiger partial charge in [0.25, 0.3) is 0 Å². The Morgan fingerprint density at radius 1 is 0.878 bits per heavy atom. The Labute approximate surface area is 291 Å². The molecule has 1 aliphatic carbocycles. The lowest BCUT2D eigenvalue weighted by Gasteiger charge is -2.35. The number of carbonyl (C=O) groups excluding carboxylic acids is 3. The van der Waals surface area contributed by atoms with Crippen molar-refractivity contribution in [2.45, 2.75) is 126 Å². The zero-order chi connectivity index (χ0) is 35.8. The number of amides is 4. The maximum atomic E-state index is 14.0. The van der Waals surface area contributed by atoms with Crippen LogP contribution in [0.5, 0.6) is 0 Å². The minimum absolute atomic E-state index is 0.0261. The van der Waals surface area contributed by atoms with Crippen molar-refractivity contribution >= 4 is 37.7 Å². The molecule has 0 spiro atoms. The number of hydrogen-bond donors (Lipinski definition) is 4. The normalized spacial score (nSPS) is 22.3. The summed E-state index contributed by atoms with van der Waals surface area (Å²) in [6.07, 6.45) is 3.97. The van der Waals surface area contributed by atoms with Crippen LogP contribution in [0.4, 0.5) is 9.59 Å². The third-order valence-corrected chi connectivity index (χ3v) is 15.1. The van der Waals surface area contributed by atoms with Gasteiger partial charge >= 0.3 is 12.1 Å². The number of ether oxygens (including phenoxy) is 1. The number of alkyl carbamates (subject to hydrolysis) is 1. The van der Waals surface area contributed by atoms with Crippen molar-refractivity contribution in [2.24, 2.45) is 5.92 Å². The second-order valence-corrected chi connectivity index (χ2v) is 19.7. The summed E-state index contributed by atoms with van der Waals surface area (Å²) in [5.41, 5.74) is 0.169. The van der Waals surface area contributed by atoms with Gasteiger partial charge in [0.15, 0.2) is 24.3 Å². The molecular formula is C34H54N4O9S2. The highest BCUT2D eigenvalue weighted by Gasteiger charge is 2.44. The lowest BCUT2D eigenvalue weighted by Crippen LogP contribution is -2.57. The van der Waals surface area contributed by atoms with Crippen molar-refractivity contribution in [2.75, 3.05) is 24.6 Å². The van der Waals surface area contributed by atoms with Gasteiger partial charge in [-0.2, -0.15) is 0 Å². The summed E-state index contributed by atoms with van der Waals surface area (Å²) in [6, 6.07) is 6.63. The third kappa shape index (κ3) is 11.8. The number of aliphatic hydroxyl groups excluding tert-OH is 1. The number of rotatable bonds is 11. The second kappa shape index (κ2) is 16.9. The minimum atomic E-state index is -3.98. The zero-order valence-electron chi connectivity index (χ0n) is 28.9. The lowest BCUT2D eigenvalue weighted by molar-refractivity contribution is -0.124. The summed E-state index contributed by atoms with van der Waals surface area (Å²) in [7, 11) is -7.96. The minimum Gasteiger partial charge on any atom is -0.444 e. The van der Waals surface area contributed by atoms with Crippen molar-refractivity contribution in [3.05, 3.63) is 35.9 Å². The highest BCUT2D eigenvalue weighted by molar-refractivity contribution is 8.09. The number of nitrogens with one attached hydrogen (secondary N) is 3. The number of piperidine rings is 1. The largest absolute Gasteiger partial charge is 0.444 e. The fourth-order valence-corrected chi connectivity index (χ4v) is 12.1. The molecule has 276 valence electrons. The van der Waals surface area contributed by atoms with Crippen molar-refractivity contribution in [1.29, 1.82) is 0 Å². The third-order valence-electron chi connectivity index (χ3n) is 9.60. The number of urea groups is 1. The number of nitrogens with zero attached hydrogens (tertiary/aromatic N) is 1. The maximum Gasteiger partial charge on any atom is 0.407 e. The molecule has 3 fully saturated rings. The summed E-state index contributed by atoms with van der Waals surface area (Å²) in [6.45, 7) is 6.04. The Balaban J connectivity index is 1.47. The number of benzene rings is 1. The Bertz CT molecular complexity index is 1450. The number of sulfone groups is 2. The van der Waals surface area contributed by atoms with Crippen LogP contribution < -0.4 is 16.0 Å². The first kappa shape index (κ1) is 38.9. The Kier molecular flexibility index (Phi) is 13.4. The summed E-state index contributed by atoms with van der Waals surface area (Å²) >= 11 is 0. The molecule has 3 atom stereocenters. The SMILES string of the molecule is CC(C)(C)OC(=O)NC1CCN(C(=O)N[C@@H](Cc2ccccc2)C(=O)N[C@@H](CC2CCCCC2)[C@@H](O)CC2S(=O)(=O)CCCS2(=O)=O)CC1. The molecular weight excluding hydrogens is 673 g/mol. The van der Waals surface area contributed by atoms with E-state index in [1.807, 2.05) is 30.3 Å². The van der Waals surface area contributed by atoms with Crippen molar-refractivity contribution in [3.63, 3.8) is 0 Å². The van der Waals surface area contributed by atoms with Crippen LogP contribution in [0.2, 0.25) is 0 Å². The first-order valence-electron chi connectivity index (χ1n) is 17.5. The topological polar surface area (TPSA) is 188 Å². The molecule has 15 heteroatoms. The number of likely N-dealkylation sites (tertiary alicyclic amines) is 1. The van der Waals surface area contributed by atoms with Gasteiger partial charge in [0.2, 0.25) is 5.91 Å². The van der Waals surface area contributed by atoms with Gasteiger partial charge in [-0.1, -0.05) is 62.4 Å². The van der Waals surface area contributed by atoms with Gasteiger partial charge in [-0.25, -0.2) is 26.4 Å². The number of hydrogen-bond acceptors (Lipinski definition) is 9. The van der Waals surface area contributed by atoms with Crippen LogP contribution in [0.15, 0.2) is 30.3 Å². The molecule has 0 radical (unpaired) electrons.